The molecule has 0 radical (unpaired) electrons. The Morgan fingerprint density at radius 1 is 1.30 bits per heavy atom. The molecular weight excluding hydrogens is 292 g/mol. The lowest BCUT2D eigenvalue weighted by atomic mass is 9.94. The molecular formula is C18H22N2O3. The zero-order valence-electron chi connectivity index (χ0n) is 13.5. The number of nitrogens with zero attached hydrogens (tertiary/aromatic N) is 2. The average Bonchev–Trinajstić information content (AvgIpc) is 2.59. The van der Waals surface area contributed by atoms with E-state index in [0.717, 1.165) is 31.5 Å². The summed E-state index contributed by atoms with van der Waals surface area (Å²) in [6, 6.07) is 7.76. The highest BCUT2D eigenvalue weighted by molar-refractivity contribution is 5.77. The summed E-state index contributed by atoms with van der Waals surface area (Å²) >= 11 is 0. The van der Waals surface area contributed by atoms with Gasteiger partial charge in [0.05, 0.1) is 12.0 Å². The fourth-order valence-electron chi connectivity index (χ4n) is 3.08. The van der Waals surface area contributed by atoms with E-state index in [4.69, 9.17) is 9.47 Å². The fourth-order valence-corrected chi connectivity index (χ4v) is 3.08. The molecule has 5 heteroatoms. The average molecular weight is 314 g/mol. The first-order valence-corrected chi connectivity index (χ1v) is 8.24. The summed E-state index contributed by atoms with van der Waals surface area (Å²) in [6.07, 6.45) is 2.32. The lowest BCUT2D eigenvalue weighted by Crippen LogP contribution is -2.38. The van der Waals surface area contributed by atoms with Crippen molar-refractivity contribution in [1.29, 1.82) is 5.26 Å². The van der Waals surface area contributed by atoms with Crippen molar-refractivity contribution < 1.29 is 14.3 Å². The highest BCUT2D eigenvalue weighted by atomic mass is 16.6. The smallest absolute Gasteiger partial charge is 0.224 e. The van der Waals surface area contributed by atoms with Crippen LogP contribution in [-0.4, -0.2) is 37.1 Å². The Balaban J connectivity index is 1.68. The van der Waals surface area contributed by atoms with Gasteiger partial charge in [0, 0.05) is 19.5 Å². The third-order valence-corrected chi connectivity index (χ3v) is 4.64. The van der Waals surface area contributed by atoms with Crippen LogP contribution in [-0.2, 0) is 4.79 Å². The van der Waals surface area contributed by atoms with E-state index in [9.17, 15) is 10.1 Å². The molecule has 1 fully saturated rings. The SMILES string of the molecule is CC1CCN(C(=O)CC(C#N)c2ccc3c(c2)OCCO3)CC1. The molecule has 1 unspecified atom stereocenters. The van der Waals surface area contributed by atoms with E-state index in [0.29, 0.717) is 30.6 Å². The molecule has 1 amide bonds. The summed E-state index contributed by atoms with van der Waals surface area (Å²) < 4.78 is 11.1. The molecule has 5 nitrogen and oxygen atoms in total. The molecule has 0 aliphatic carbocycles. The molecule has 1 aromatic carbocycles. The van der Waals surface area contributed by atoms with Crippen molar-refractivity contribution >= 4 is 5.91 Å². The molecule has 1 atom stereocenters. The summed E-state index contributed by atoms with van der Waals surface area (Å²) in [7, 11) is 0. The molecule has 0 aromatic heterocycles. The minimum absolute atomic E-state index is 0.0679. The zero-order chi connectivity index (χ0) is 16.2. The fraction of sp³-hybridized carbons (Fsp3) is 0.556. The number of ether oxygens (including phenoxy) is 2. The van der Waals surface area contributed by atoms with E-state index < -0.39 is 5.92 Å². The Hall–Kier alpha value is -2.22. The van der Waals surface area contributed by atoms with E-state index in [-0.39, 0.29) is 12.3 Å². The number of benzene rings is 1. The highest BCUT2D eigenvalue weighted by Gasteiger charge is 2.24. The minimum atomic E-state index is -0.447. The van der Waals surface area contributed by atoms with Gasteiger partial charge in [-0.1, -0.05) is 13.0 Å². The predicted molar refractivity (Wildman–Crippen MR) is 85.4 cm³/mol. The van der Waals surface area contributed by atoms with Gasteiger partial charge in [0.15, 0.2) is 11.5 Å². The molecule has 1 aromatic rings. The van der Waals surface area contributed by atoms with Gasteiger partial charge in [0.2, 0.25) is 5.91 Å². The molecule has 2 aliphatic heterocycles. The van der Waals surface area contributed by atoms with Gasteiger partial charge in [0.1, 0.15) is 13.2 Å². The van der Waals surface area contributed by atoms with Gasteiger partial charge in [-0.25, -0.2) is 0 Å². The monoisotopic (exact) mass is 314 g/mol. The highest BCUT2D eigenvalue weighted by Crippen LogP contribution is 2.34. The van der Waals surface area contributed by atoms with Crippen LogP contribution in [0.15, 0.2) is 18.2 Å². The maximum Gasteiger partial charge on any atom is 0.224 e. The van der Waals surface area contributed by atoms with Gasteiger partial charge in [-0.15, -0.1) is 0 Å². The minimum Gasteiger partial charge on any atom is -0.486 e. The number of rotatable bonds is 3. The molecule has 0 saturated carbocycles. The topological polar surface area (TPSA) is 62.6 Å². The van der Waals surface area contributed by atoms with Gasteiger partial charge in [-0.05, 0) is 36.5 Å². The van der Waals surface area contributed by atoms with Crippen LogP contribution in [0.2, 0.25) is 0 Å². The van der Waals surface area contributed by atoms with Crippen LogP contribution in [0.25, 0.3) is 0 Å². The summed E-state index contributed by atoms with van der Waals surface area (Å²) in [6.45, 7) is 4.88. The molecule has 1 saturated heterocycles. The first kappa shape index (κ1) is 15.7. The zero-order valence-corrected chi connectivity index (χ0v) is 13.5. The Labute approximate surface area is 136 Å². The number of fused-ring (bicyclic) bond motifs is 1. The van der Waals surface area contributed by atoms with E-state index >= 15 is 0 Å². The maximum atomic E-state index is 12.5. The Kier molecular flexibility index (Phi) is 4.71. The normalized spacial score (nSPS) is 19.0. The summed E-state index contributed by atoms with van der Waals surface area (Å²) in [5.74, 6) is 1.67. The van der Waals surface area contributed by atoms with Gasteiger partial charge >= 0.3 is 0 Å². The number of amides is 1. The quantitative estimate of drug-likeness (QED) is 0.860. The summed E-state index contributed by atoms with van der Waals surface area (Å²) in [5.41, 5.74) is 0.815. The lowest BCUT2D eigenvalue weighted by molar-refractivity contribution is -0.132. The first-order chi connectivity index (χ1) is 11.2. The second-order valence-corrected chi connectivity index (χ2v) is 6.35. The lowest BCUT2D eigenvalue weighted by Gasteiger charge is -2.31. The van der Waals surface area contributed by atoms with Gasteiger partial charge < -0.3 is 14.4 Å². The van der Waals surface area contributed by atoms with E-state index in [1.165, 1.54) is 0 Å². The van der Waals surface area contributed by atoms with Crippen LogP contribution in [0.4, 0.5) is 0 Å². The molecule has 2 aliphatic rings. The van der Waals surface area contributed by atoms with Crippen molar-refractivity contribution in [2.45, 2.75) is 32.1 Å². The second kappa shape index (κ2) is 6.91. The van der Waals surface area contributed by atoms with Crippen LogP contribution < -0.4 is 9.47 Å². The van der Waals surface area contributed by atoms with Crippen LogP contribution >= 0.6 is 0 Å². The van der Waals surface area contributed by atoms with Crippen molar-refractivity contribution in [2.75, 3.05) is 26.3 Å². The van der Waals surface area contributed by atoms with E-state index in [2.05, 4.69) is 13.0 Å². The number of carbonyl (C=O) groups excluding carboxylic acids is 1. The number of piperidine rings is 1. The molecule has 0 bridgehead atoms. The van der Waals surface area contributed by atoms with Gasteiger partial charge in [-0.2, -0.15) is 5.26 Å². The molecule has 0 spiro atoms. The summed E-state index contributed by atoms with van der Waals surface area (Å²) in [4.78, 5) is 14.3. The van der Waals surface area contributed by atoms with Crippen LogP contribution in [0.1, 0.15) is 37.7 Å². The Morgan fingerprint density at radius 2 is 2.00 bits per heavy atom. The van der Waals surface area contributed by atoms with E-state index in [1.54, 1.807) is 0 Å². The Morgan fingerprint density at radius 3 is 2.70 bits per heavy atom. The van der Waals surface area contributed by atoms with Crippen LogP contribution in [0, 0.1) is 17.2 Å². The number of nitriles is 1. The largest absolute Gasteiger partial charge is 0.486 e. The molecule has 122 valence electrons. The standard InChI is InChI=1S/C18H22N2O3/c1-13-4-6-20(7-5-13)18(21)11-15(12-19)14-2-3-16-17(10-14)23-9-8-22-16/h2-3,10,13,15H,4-9,11H2,1H3. The van der Waals surface area contributed by atoms with Crippen molar-refractivity contribution in [2.24, 2.45) is 5.92 Å². The maximum absolute atomic E-state index is 12.5. The number of carbonyl (C=O) groups is 1. The van der Waals surface area contributed by atoms with Crippen molar-refractivity contribution in [1.82, 2.24) is 4.90 Å². The molecule has 3 rings (SSSR count). The van der Waals surface area contributed by atoms with Crippen molar-refractivity contribution in [3.8, 4) is 17.6 Å². The molecule has 23 heavy (non-hydrogen) atoms. The van der Waals surface area contributed by atoms with Gasteiger partial charge in [0.25, 0.3) is 0 Å². The van der Waals surface area contributed by atoms with Crippen LogP contribution in [0.5, 0.6) is 11.5 Å². The molecule has 0 N–H and O–H groups in total. The number of likely N-dealkylation sites (tertiary alicyclic amines) is 1. The van der Waals surface area contributed by atoms with E-state index in [1.807, 2.05) is 23.1 Å². The van der Waals surface area contributed by atoms with Gasteiger partial charge in [-0.3, -0.25) is 4.79 Å². The Bertz CT molecular complexity index is 615. The predicted octanol–water partition coefficient (Wildman–Crippen LogP) is 2.71. The molecule has 2 heterocycles. The third kappa shape index (κ3) is 3.58. The van der Waals surface area contributed by atoms with Crippen molar-refractivity contribution in [3.05, 3.63) is 23.8 Å². The third-order valence-electron chi connectivity index (χ3n) is 4.64. The second-order valence-electron chi connectivity index (χ2n) is 6.35. The number of hydrogen-bond donors (Lipinski definition) is 0. The number of hydrogen-bond acceptors (Lipinski definition) is 4. The van der Waals surface area contributed by atoms with Crippen LogP contribution in [0.3, 0.4) is 0 Å². The summed E-state index contributed by atoms with van der Waals surface area (Å²) in [5, 5.41) is 9.48. The van der Waals surface area contributed by atoms with Crippen molar-refractivity contribution in [3.63, 3.8) is 0 Å². The first-order valence-electron chi connectivity index (χ1n) is 8.24.